The van der Waals surface area contributed by atoms with Gasteiger partial charge in [0.15, 0.2) is 5.16 Å². The first-order valence-electron chi connectivity index (χ1n) is 6.55. The molecule has 1 aromatic heterocycles. The first-order valence-corrected chi connectivity index (χ1v) is 7.54. The molecule has 0 amide bonds. The zero-order chi connectivity index (χ0) is 13.9. The van der Waals surface area contributed by atoms with Crippen LogP contribution in [-0.2, 0) is 0 Å². The third-order valence-electron chi connectivity index (χ3n) is 3.23. The van der Waals surface area contributed by atoms with Gasteiger partial charge in [0, 0.05) is 11.8 Å². The van der Waals surface area contributed by atoms with E-state index in [1.54, 1.807) is 4.57 Å². The lowest BCUT2D eigenvalue weighted by molar-refractivity contribution is 0.450. The predicted molar refractivity (Wildman–Crippen MR) is 74.2 cm³/mol. The van der Waals surface area contributed by atoms with Crippen LogP contribution in [0.25, 0.3) is 0 Å². The molecule has 1 saturated carbocycles. The van der Waals surface area contributed by atoms with Crippen molar-refractivity contribution in [3.05, 3.63) is 10.5 Å². The molecule has 19 heavy (non-hydrogen) atoms. The highest BCUT2D eigenvalue weighted by molar-refractivity contribution is 7.99. The third kappa shape index (κ3) is 3.39. The van der Waals surface area contributed by atoms with Gasteiger partial charge in [0.25, 0.3) is 0 Å². The molecule has 2 rings (SSSR count). The number of H-pyrrole nitrogens is 1. The summed E-state index contributed by atoms with van der Waals surface area (Å²) in [6.45, 7) is 4.65. The van der Waals surface area contributed by atoms with Gasteiger partial charge in [-0.15, -0.1) is 5.10 Å². The second-order valence-electron chi connectivity index (χ2n) is 4.99. The van der Waals surface area contributed by atoms with Crippen molar-refractivity contribution in [1.82, 2.24) is 20.1 Å². The Kier molecular flexibility index (Phi) is 4.32. The van der Waals surface area contributed by atoms with Crippen molar-refractivity contribution < 1.29 is 0 Å². The van der Waals surface area contributed by atoms with E-state index in [0.717, 1.165) is 30.3 Å². The number of thioether (sulfide) groups is 1. The molecule has 0 aromatic carbocycles. The fourth-order valence-corrected chi connectivity index (χ4v) is 3.14. The lowest BCUT2D eigenvalue weighted by Gasteiger charge is -2.21. The highest BCUT2D eigenvalue weighted by Gasteiger charge is 2.29. The van der Waals surface area contributed by atoms with Gasteiger partial charge in [0.05, 0.1) is 6.07 Å². The summed E-state index contributed by atoms with van der Waals surface area (Å²) in [7, 11) is 0. The van der Waals surface area contributed by atoms with Gasteiger partial charge in [-0.3, -0.25) is 9.88 Å². The minimum absolute atomic E-state index is 0.125. The average Bonchev–Trinajstić information content (AvgIpc) is 3.15. The molecular weight excluding hydrogens is 262 g/mol. The Bertz CT molecular complexity index is 527. The van der Waals surface area contributed by atoms with Gasteiger partial charge < -0.3 is 0 Å². The van der Waals surface area contributed by atoms with E-state index < -0.39 is 5.54 Å². The molecule has 1 aromatic rings. The van der Waals surface area contributed by atoms with Crippen LogP contribution in [0.2, 0.25) is 0 Å². The van der Waals surface area contributed by atoms with E-state index >= 15 is 0 Å². The van der Waals surface area contributed by atoms with E-state index in [9.17, 15) is 10.1 Å². The van der Waals surface area contributed by atoms with Gasteiger partial charge in [-0.05, 0) is 32.7 Å². The number of hydrogen-bond donors (Lipinski definition) is 2. The molecule has 0 saturated heterocycles. The number of hydrogen-bond acceptors (Lipinski definition) is 5. The largest absolute Gasteiger partial charge is 0.344 e. The van der Waals surface area contributed by atoms with Crippen molar-refractivity contribution in [3.63, 3.8) is 0 Å². The molecule has 7 heteroatoms. The van der Waals surface area contributed by atoms with Crippen LogP contribution in [0.4, 0.5) is 0 Å². The number of nitrogens with one attached hydrogen (secondary N) is 2. The normalized spacial score (nSPS) is 17.9. The monoisotopic (exact) mass is 281 g/mol. The number of nitrogens with zero attached hydrogens (tertiary/aromatic N) is 3. The molecule has 1 fully saturated rings. The summed E-state index contributed by atoms with van der Waals surface area (Å²) < 4.78 is 1.74. The van der Waals surface area contributed by atoms with Crippen LogP contribution < -0.4 is 11.0 Å². The van der Waals surface area contributed by atoms with Gasteiger partial charge in [0.2, 0.25) is 0 Å². The highest BCUT2D eigenvalue weighted by atomic mass is 32.2. The lowest BCUT2D eigenvalue weighted by atomic mass is 10.0. The van der Waals surface area contributed by atoms with E-state index in [-0.39, 0.29) is 5.69 Å². The maximum atomic E-state index is 11.6. The van der Waals surface area contributed by atoms with E-state index in [1.807, 2.05) is 13.8 Å². The Balaban J connectivity index is 1.93. The summed E-state index contributed by atoms with van der Waals surface area (Å²) in [6.07, 6.45) is 2.83. The molecular formula is C12H19N5OS. The molecule has 104 valence electrons. The average molecular weight is 281 g/mol. The van der Waals surface area contributed by atoms with Gasteiger partial charge in [0.1, 0.15) is 5.54 Å². The van der Waals surface area contributed by atoms with Crippen LogP contribution in [0.5, 0.6) is 0 Å². The topological polar surface area (TPSA) is 86.5 Å². The molecule has 6 nitrogen and oxygen atoms in total. The zero-order valence-corrected chi connectivity index (χ0v) is 12.1. The highest BCUT2D eigenvalue weighted by Crippen LogP contribution is 2.36. The van der Waals surface area contributed by atoms with Crippen molar-refractivity contribution >= 4 is 11.8 Å². The maximum Gasteiger partial charge on any atom is 0.344 e. The van der Waals surface area contributed by atoms with Crippen molar-refractivity contribution in [2.24, 2.45) is 0 Å². The summed E-state index contributed by atoms with van der Waals surface area (Å²) in [4.78, 5) is 11.6. The van der Waals surface area contributed by atoms with Crippen molar-refractivity contribution in [2.75, 3.05) is 12.3 Å². The van der Waals surface area contributed by atoms with Crippen LogP contribution in [0.15, 0.2) is 9.95 Å². The first kappa shape index (κ1) is 14.2. The summed E-state index contributed by atoms with van der Waals surface area (Å²) in [6, 6.07) is 2.62. The third-order valence-corrected chi connectivity index (χ3v) is 4.19. The molecule has 1 heterocycles. The van der Waals surface area contributed by atoms with Gasteiger partial charge in [-0.1, -0.05) is 18.7 Å². The molecule has 0 aliphatic heterocycles. The first-order chi connectivity index (χ1) is 9.09. The Morgan fingerprint density at radius 1 is 1.68 bits per heavy atom. The molecule has 1 unspecified atom stereocenters. The van der Waals surface area contributed by atoms with E-state index in [2.05, 4.69) is 21.6 Å². The molecule has 1 aliphatic carbocycles. The molecule has 1 atom stereocenters. The summed E-state index contributed by atoms with van der Waals surface area (Å²) in [5, 5.41) is 19.6. The quantitative estimate of drug-likeness (QED) is 0.735. The fourth-order valence-electron chi connectivity index (χ4n) is 1.97. The molecule has 0 bridgehead atoms. The second kappa shape index (κ2) is 5.80. The minimum Gasteiger partial charge on any atom is -0.300 e. The summed E-state index contributed by atoms with van der Waals surface area (Å²) in [5.41, 5.74) is -0.636. The molecule has 1 aliphatic rings. The summed E-state index contributed by atoms with van der Waals surface area (Å²) in [5.74, 6) is 0.758. The Hall–Kier alpha value is -1.26. The number of aromatic amines is 1. The van der Waals surface area contributed by atoms with Crippen LogP contribution in [-0.4, -0.2) is 32.6 Å². The van der Waals surface area contributed by atoms with Crippen LogP contribution >= 0.6 is 11.8 Å². The SMILES string of the molecule is CCNC(C)(C#N)CCSc1n[nH]c(=O)n1C1CC1. The van der Waals surface area contributed by atoms with E-state index in [4.69, 9.17) is 0 Å². The van der Waals surface area contributed by atoms with Crippen molar-refractivity contribution in [3.8, 4) is 6.07 Å². The molecule has 2 N–H and O–H groups in total. The van der Waals surface area contributed by atoms with Crippen LogP contribution in [0.1, 0.15) is 39.2 Å². The van der Waals surface area contributed by atoms with Crippen LogP contribution in [0.3, 0.4) is 0 Å². The summed E-state index contributed by atoms with van der Waals surface area (Å²) >= 11 is 1.53. The lowest BCUT2D eigenvalue weighted by Crippen LogP contribution is -2.41. The Labute approximate surface area is 116 Å². The van der Waals surface area contributed by atoms with E-state index in [1.165, 1.54) is 11.8 Å². The predicted octanol–water partition coefficient (Wildman–Crippen LogP) is 1.28. The van der Waals surface area contributed by atoms with Gasteiger partial charge in [-0.25, -0.2) is 9.89 Å². The molecule has 0 radical (unpaired) electrons. The van der Waals surface area contributed by atoms with Gasteiger partial charge >= 0.3 is 5.69 Å². The van der Waals surface area contributed by atoms with E-state index in [0.29, 0.717) is 12.5 Å². The number of rotatable bonds is 7. The van der Waals surface area contributed by atoms with Crippen molar-refractivity contribution in [2.45, 2.75) is 49.8 Å². The van der Waals surface area contributed by atoms with Crippen LogP contribution in [0, 0.1) is 11.3 Å². The van der Waals surface area contributed by atoms with Gasteiger partial charge in [-0.2, -0.15) is 5.26 Å². The number of aromatic nitrogens is 3. The maximum absolute atomic E-state index is 11.6. The van der Waals surface area contributed by atoms with Crippen molar-refractivity contribution in [1.29, 1.82) is 5.26 Å². The smallest absolute Gasteiger partial charge is 0.300 e. The number of nitriles is 1. The standard InChI is InChI=1S/C12H19N5OS/c1-3-14-12(2,8-13)6-7-19-11-16-15-10(18)17(11)9-4-5-9/h9,14H,3-7H2,1-2H3,(H,15,18). The minimum atomic E-state index is -0.511. The second-order valence-corrected chi connectivity index (χ2v) is 6.05. The zero-order valence-electron chi connectivity index (χ0n) is 11.3. The Morgan fingerprint density at radius 2 is 2.42 bits per heavy atom. The molecule has 0 spiro atoms. The Morgan fingerprint density at radius 3 is 3.00 bits per heavy atom. The fraction of sp³-hybridized carbons (Fsp3) is 0.750.